The van der Waals surface area contributed by atoms with E-state index >= 15 is 0 Å². The van der Waals surface area contributed by atoms with Crippen molar-refractivity contribution in [3.8, 4) is 0 Å². The van der Waals surface area contributed by atoms with Crippen LogP contribution in [0.4, 0.5) is 5.69 Å². The van der Waals surface area contributed by atoms with E-state index in [1.807, 2.05) is 12.1 Å². The number of amidine groups is 1. The van der Waals surface area contributed by atoms with Crippen LogP contribution in [0.15, 0.2) is 29.3 Å². The number of aliphatic imine (C=N–C) groups is 1. The van der Waals surface area contributed by atoms with Crippen LogP contribution in [0.2, 0.25) is 5.02 Å². The molecule has 6 heteroatoms. The molecule has 0 aromatic heterocycles. The number of hydrogen-bond donors (Lipinski definition) is 0. The lowest BCUT2D eigenvalue weighted by Crippen LogP contribution is -2.54. The average molecular weight is 460 g/mol. The Morgan fingerprint density at radius 3 is 2.35 bits per heavy atom. The molecule has 0 amide bonds. The number of nitrogens with zero attached hydrogens (tertiary/aromatic N) is 3. The number of halogens is 1. The molecule has 0 radical (unpaired) electrons. The SMILES string of the molecule is S=C1N(c2ccccc2Cl)C(=NC2CCCCC2)[C@H](N2CCOCC2)C12CCCCC2. The highest BCUT2D eigenvalue weighted by Gasteiger charge is 2.57. The second-order valence-electron chi connectivity index (χ2n) is 9.64. The van der Waals surface area contributed by atoms with Crippen molar-refractivity contribution in [1.82, 2.24) is 4.90 Å². The zero-order chi connectivity index (χ0) is 21.3. The Balaban J connectivity index is 1.64. The third-order valence-electron chi connectivity index (χ3n) is 7.77. The van der Waals surface area contributed by atoms with E-state index in [9.17, 15) is 0 Å². The van der Waals surface area contributed by atoms with Gasteiger partial charge in [0.2, 0.25) is 0 Å². The molecule has 5 rings (SSSR count). The van der Waals surface area contributed by atoms with Crippen LogP contribution in [0.25, 0.3) is 0 Å². The Hall–Kier alpha value is -1.01. The summed E-state index contributed by atoms with van der Waals surface area (Å²) in [5, 5.41) is 0.759. The monoisotopic (exact) mass is 459 g/mol. The maximum Gasteiger partial charge on any atom is 0.127 e. The third-order valence-corrected chi connectivity index (χ3v) is 8.67. The summed E-state index contributed by atoms with van der Waals surface area (Å²) in [6.07, 6.45) is 12.4. The van der Waals surface area contributed by atoms with Crippen molar-refractivity contribution in [2.24, 2.45) is 10.4 Å². The van der Waals surface area contributed by atoms with Gasteiger partial charge in [0.05, 0.1) is 41.0 Å². The van der Waals surface area contributed by atoms with Crippen molar-refractivity contribution in [3.63, 3.8) is 0 Å². The third kappa shape index (κ3) is 4.07. The molecular formula is C25H34ClN3OS. The van der Waals surface area contributed by atoms with Gasteiger partial charge >= 0.3 is 0 Å². The largest absolute Gasteiger partial charge is 0.379 e. The summed E-state index contributed by atoms with van der Waals surface area (Å²) in [7, 11) is 0. The lowest BCUT2D eigenvalue weighted by atomic mass is 9.70. The summed E-state index contributed by atoms with van der Waals surface area (Å²) in [6.45, 7) is 3.49. The van der Waals surface area contributed by atoms with Crippen LogP contribution in [0.1, 0.15) is 64.2 Å². The molecule has 1 aromatic rings. The van der Waals surface area contributed by atoms with Gasteiger partial charge in [-0.2, -0.15) is 0 Å². The predicted octanol–water partition coefficient (Wildman–Crippen LogP) is 5.87. The number of rotatable bonds is 3. The minimum atomic E-state index is -0.0163. The number of hydrogen-bond acceptors (Lipinski definition) is 4. The number of morpholine rings is 1. The van der Waals surface area contributed by atoms with E-state index in [-0.39, 0.29) is 11.5 Å². The van der Waals surface area contributed by atoms with Crippen LogP contribution < -0.4 is 4.90 Å². The fourth-order valence-corrected chi connectivity index (χ4v) is 6.95. The average Bonchev–Trinajstić information content (AvgIpc) is 3.03. The van der Waals surface area contributed by atoms with Gasteiger partial charge in [-0.25, -0.2) is 0 Å². The lowest BCUT2D eigenvalue weighted by molar-refractivity contribution is 0.00761. The fraction of sp³-hybridized carbons (Fsp3) is 0.680. The highest BCUT2D eigenvalue weighted by atomic mass is 35.5. The molecule has 4 nitrogen and oxygen atoms in total. The van der Waals surface area contributed by atoms with E-state index in [0.717, 1.165) is 60.7 Å². The van der Waals surface area contributed by atoms with Gasteiger partial charge in [-0.05, 0) is 37.8 Å². The zero-order valence-electron chi connectivity index (χ0n) is 18.4. The Morgan fingerprint density at radius 2 is 1.65 bits per heavy atom. The van der Waals surface area contributed by atoms with E-state index in [4.69, 9.17) is 33.5 Å². The molecule has 4 aliphatic rings. The quantitative estimate of drug-likeness (QED) is 0.528. The molecule has 2 saturated carbocycles. The smallest absolute Gasteiger partial charge is 0.127 e. The summed E-state index contributed by atoms with van der Waals surface area (Å²) < 4.78 is 5.73. The first-order valence-corrected chi connectivity index (χ1v) is 13.0. The molecular weight excluding hydrogens is 426 g/mol. The van der Waals surface area contributed by atoms with E-state index in [1.54, 1.807) is 0 Å². The summed E-state index contributed by atoms with van der Waals surface area (Å²) in [5.41, 5.74) is 0.988. The second kappa shape index (κ2) is 9.46. The number of para-hydroxylation sites is 1. The van der Waals surface area contributed by atoms with Crippen LogP contribution >= 0.6 is 23.8 Å². The maximum absolute atomic E-state index is 6.75. The number of benzene rings is 1. The van der Waals surface area contributed by atoms with Gasteiger partial charge in [0.25, 0.3) is 0 Å². The molecule has 1 atom stereocenters. The van der Waals surface area contributed by atoms with Crippen LogP contribution in [0.3, 0.4) is 0 Å². The molecule has 0 bridgehead atoms. The van der Waals surface area contributed by atoms with Gasteiger partial charge in [0.15, 0.2) is 0 Å². The zero-order valence-corrected chi connectivity index (χ0v) is 20.0. The van der Waals surface area contributed by atoms with Gasteiger partial charge in [0, 0.05) is 18.5 Å². The molecule has 0 unspecified atom stereocenters. The summed E-state index contributed by atoms with van der Waals surface area (Å²) in [6, 6.07) is 8.80. The van der Waals surface area contributed by atoms with Crippen LogP contribution in [-0.2, 0) is 4.74 Å². The Kier molecular flexibility index (Phi) is 6.66. The van der Waals surface area contributed by atoms with Crippen molar-refractivity contribution >= 4 is 40.3 Å². The van der Waals surface area contributed by atoms with E-state index < -0.39 is 0 Å². The fourth-order valence-electron chi connectivity index (χ4n) is 6.22. The highest BCUT2D eigenvalue weighted by molar-refractivity contribution is 7.80. The normalized spacial score (nSPS) is 29.2. The molecule has 2 aliphatic carbocycles. The van der Waals surface area contributed by atoms with Crippen molar-refractivity contribution in [2.75, 3.05) is 31.2 Å². The summed E-state index contributed by atoms with van der Waals surface area (Å²) >= 11 is 13.1. The summed E-state index contributed by atoms with van der Waals surface area (Å²) in [5.74, 6) is 1.16. The van der Waals surface area contributed by atoms with Gasteiger partial charge in [-0.15, -0.1) is 0 Å². The van der Waals surface area contributed by atoms with E-state index in [1.165, 1.54) is 51.4 Å². The van der Waals surface area contributed by atoms with Crippen molar-refractivity contribution < 1.29 is 4.74 Å². The molecule has 1 aromatic carbocycles. The minimum Gasteiger partial charge on any atom is -0.379 e. The maximum atomic E-state index is 6.75. The predicted molar refractivity (Wildman–Crippen MR) is 133 cm³/mol. The van der Waals surface area contributed by atoms with Crippen LogP contribution in [-0.4, -0.2) is 54.1 Å². The first-order chi connectivity index (χ1) is 15.2. The van der Waals surface area contributed by atoms with Gasteiger partial charge in [0.1, 0.15) is 5.84 Å². The first kappa shape index (κ1) is 21.8. The minimum absolute atomic E-state index is 0.0163. The highest BCUT2D eigenvalue weighted by Crippen LogP contribution is 2.51. The number of thiocarbonyl (C=S) groups is 1. The van der Waals surface area contributed by atoms with E-state index in [2.05, 4.69) is 21.9 Å². The molecule has 2 heterocycles. The Morgan fingerprint density at radius 1 is 0.968 bits per heavy atom. The molecule has 4 fully saturated rings. The Labute approximate surface area is 197 Å². The van der Waals surface area contributed by atoms with Crippen LogP contribution in [0, 0.1) is 5.41 Å². The van der Waals surface area contributed by atoms with E-state index in [0.29, 0.717) is 6.04 Å². The Bertz CT molecular complexity index is 826. The topological polar surface area (TPSA) is 28.1 Å². The molecule has 1 spiro atoms. The molecule has 31 heavy (non-hydrogen) atoms. The van der Waals surface area contributed by atoms with Gasteiger partial charge in [-0.3, -0.25) is 14.8 Å². The molecule has 168 valence electrons. The van der Waals surface area contributed by atoms with Gasteiger partial charge < -0.3 is 4.74 Å². The first-order valence-electron chi connectivity index (χ1n) is 12.2. The lowest BCUT2D eigenvalue weighted by Gasteiger charge is -2.44. The van der Waals surface area contributed by atoms with Gasteiger partial charge in [-0.1, -0.05) is 74.5 Å². The van der Waals surface area contributed by atoms with Crippen molar-refractivity contribution in [2.45, 2.75) is 76.3 Å². The standard InChI is InChI=1S/C25H34ClN3OS/c26-20-11-5-6-12-21(20)29-23(27-19-9-3-1-4-10-19)22(28-15-17-30-18-16-28)25(24(29)31)13-7-2-8-14-25/h5-6,11-12,19,22H,1-4,7-10,13-18H2/t22-/m0/s1. The van der Waals surface area contributed by atoms with Crippen molar-refractivity contribution in [1.29, 1.82) is 0 Å². The molecule has 2 aliphatic heterocycles. The van der Waals surface area contributed by atoms with Crippen LogP contribution in [0.5, 0.6) is 0 Å². The molecule has 2 saturated heterocycles. The number of anilines is 1. The van der Waals surface area contributed by atoms with Crippen molar-refractivity contribution in [3.05, 3.63) is 29.3 Å². The summed E-state index contributed by atoms with van der Waals surface area (Å²) in [4.78, 5) is 11.5. The second-order valence-corrected chi connectivity index (χ2v) is 10.4. The number of ether oxygens (including phenoxy) is 1. The molecule has 0 N–H and O–H groups in total.